The van der Waals surface area contributed by atoms with Crippen molar-refractivity contribution in [3.8, 4) is 17.2 Å². The SMILES string of the molecule is Cc1c(OCCC2CC2)ccc(OCC2CCC2)c1OC(F)(F)F. The fraction of sp³-hybridized carbons (Fsp3) is 0.667. The average Bonchev–Trinajstić information content (AvgIpc) is 3.26. The summed E-state index contributed by atoms with van der Waals surface area (Å²) < 4.78 is 53.7. The first kappa shape index (κ1) is 17.2. The molecule has 0 heterocycles. The molecule has 3 nitrogen and oxygen atoms in total. The fourth-order valence-electron chi connectivity index (χ4n) is 2.77. The van der Waals surface area contributed by atoms with E-state index in [2.05, 4.69) is 4.74 Å². The Balaban J connectivity index is 1.71. The van der Waals surface area contributed by atoms with Gasteiger partial charge in [-0.2, -0.15) is 0 Å². The molecule has 0 aromatic heterocycles. The van der Waals surface area contributed by atoms with Gasteiger partial charge in [0, 0.05) is 5.56 Å². The van der Waals surface area contributed by atoms with Crippen molar-refractivity contribution >= 4 is 0 Å². The minimum atomic E-state index is -4.76. The molecule has 2 aliphatic rings. The van der Waals surface area contributed by atoms with Gasteiger partial charge in [-0.05, 0) is 50.2 Å². The molecule has 0 unspecified atom stereocenters. The smallest absolute Gasteiger partial charge is 0.493 e. The summed E-state index contributed by atoms with van der Waals surface area (Å²) in [5.41, 5.74) is 0.328. The van der Waals surface area contributed by atoms with Crippen molar-refractivity contribution in [2.24, 2.45) is 11.8 Å². The summed E-state index contributed by atoms with van der Waals surface area (Å²) >= 11 is 0. The molecule has 0 N–H and O–H groups in total. The molecule has 3 rings (SSSR count). The van der Waals surface area contributed by atoms with Crippen molar-refractivity contribution in [1.29, 1.82) is 0 Å². The van der Waals surface area contributed by atoms with Gasteiger partial charge < -0.3 is 14.2 Å². The van der Waals surface area contributed by atoms with E-state index in [1.807, 2.05) is 0 Å². The van der Waals surface area contributed by atoms with E-state index in [0.717, 1.165) is 25.7 Å². The lowest BCUT2D eigenvalue weighted by molar-refractivity contribution is -0.275. The van der Waals surface area contributed by atoms with Crippen LogP contribution < -0.4 is 14.2 Å². The molecule has 0 bridgehead atoms. The zero-order chi connectivity index (χ0) is 17.2. The molecule has 2 aliphatic carbocycles. The lowest BCUT2D eigenvalue weighted by Crippen LogP contribution is -2.21. The van der Waals surface area contributed by atoms with Crippen LogP contribution in [-0.4, -0.2) is 19.6 Å². The van der Waals surface area contributed by atoms with Gasteiger partial charge in [0.2, 0.25) is 0 Å². The molecule has 0 saturated heterocycles. The molecular formula is C18H23F3O3. The molecule has 0 amide bonds. The summed E-state index contributed by atoms with van der Waals surface area (Å²) in [6, 6.07) is 3.18. The molecule has 134 valence electrons. The van der Waals surface area contributed by atoms with Crippen LogP contribution in [0.15, 0.2) is 12.1 Å². The fourth-order valence-corrected chi connectivity index (χ4v) is 2.77. The molecule has 6 heteroatoms. The van der Waals surface area contributed by atoms with Crippen molar-refractivity contribution in [2.45, 2.75) is 51.8 Å². The second-order valence-corrected chi connectivity index (χ2v) is 6.75. The molecule has 1 aromatic carbocycles. The van der Waals surface area contributed by atoms with Crippen LogP contribution in [0.5, 0.6) is 17.2 Å². The summed E-state index contributed by atoms with van der Waals surface area (Å²) in [4.78, 5) is 0. The normalized spacial score (nSPS) is 18.2. The minimum Gasteiger partial charge on any atom is -0.493 e. The third-order valence-electron chi connectivity index (χ3n) is 4.72. The Hall–Kier alpha value is -1.59. The number of hydrogen-bond acceptors (Lipinski definition) is 3. The minimum absolute atomic E-state index is 0.131. The van der Waals surface area contributed by atoms with Gasteiger partial charge in [-0.3, -0.25) is 0 Å². The van der Waals surface area contributed by atoms with Crippen molar-refractivity contribution < 1.29 is 27.4 Å². The molecule has 2 fully saturated rings. The third-order valence-corrected chi connectivity index (χ3v) is 4.72. The highest BCUT2D eigenvalue weighted by Gasteiger charge is 2.34. The van der Waals surface area contributed by atoms with Crippen molar-refractivity contribution in [1.82, 2.24) is 0 Å². The van der Waals surface area contributed by atoms with E-state index < -0.39 is 6.36 Å². The number of alkyl halides is 3. The number of rotatable bonds is 8. The Morgan fingerprint density at radius 1 is 1.00 bits per heavy atom. The first-order chi connectivity index (χ1) is 11.4. The first-order valence-electron chi connectivity index (χ1n) is 8.57. The van der Waals surface area contributed by atoms with E-state index in [9.17, 15) is 13.2 Å². The van der Waals surface area contributed by atoms with Gasteiger partial charge in [0.1, 0.15) is 5.75 Å². The van der Waals surface area contributed by atoms with E-state index in [0.29, 0.717) is 36.4 Å². The van der Waals surface area contributed by atoms with Gasteiger partial charge in [-0.25, -0.2) is 0 Å². The zero-order valence-corrected chi connectivity index (χ0v) is 13.8. The Morgan fingerprint density at radius 3 is 2.29 bits per heavy atom. The molecule has 1 aromatic rings. The standard InChI is InChI=1S/C18H23F3O3/c1-12-15(22-10-9-13-5-6-13)7-8-16(17(12)24-18(19,20)21)23-11-14-3-2-4-14/h7-8,13-14H,2-6,9-11H2,1H3. The highest BCUT2D eigenvalue weighted by atomic mass is 19.4. The maximum Gasteiger partial charge on any atom is 0.573 e. The van der Waals surface area contributed by atoms with Gasteiger partial charge in [-0.15, -0.1) is 13.2 Å². The molecule has 0 spiro atoms. The van der Waals surface area contributed by atoms with Crippen LogP contribution >= 0.6 is 0 Å². The predicted molar refractivity (Wildman–Crippen MR) is 83.5 cm³/mol. The van der Waals surface area contributed by atoms with Gasteiger partial charge >= 0.3 is 6.36 Å². The Morgan fingerprint density at radius 2 is 1.71 bits per heavy atom. The molecule has 24 heavy (non-hydrogen) atoms. The Kier molecular flexibility index (Phi) is 5.11. The first-order valence-corrected chi connectivity index (χ1v) is 8.57. The Labute approximate surface area is 140 Å². The van der Waals surface area contributed by atoms with Crippen LogP contribution in [0.1, 0.15) is 44.1 Å². The second kappa shape index (κ2) is 7.11. The van der Waals surface area contributed by atoms with Crippen LogP contribution in [0, 0.1) is 18.8 Å². The number of hydrogen-bond donors (Lipinski definition) is 0. The highest BCUT2D eigenvalue weighted by molar-refractivity contribution is 5.53. The summed E-state index contributed by atoms with van der Waals surface area (Å²) in [6.45, 7) is 2.51. The van der Waals surface area contributed by atoms with Gasteiger partial charge in [0.05, 0.1) is 13.2 Å². The topological polar surface area (TPSA) is 27.7 Å². The summed E-state index contributed by atoms with van der Waals surface area (Å²) in [6.07, 6.45) is 1.92. The van der Waals surface area contributed by atoms with E-state index in [1.165, 1.54) is 18.9 Å². The van der Waals surface area contributed by atoms with Crippen molar-refractivity contribution in [3.05, 3.63) is 17.7 Å². The lowest BCUT2D eigenvalue weighted by Gasteiger charge is -2.26. The van der Waals surface area contributed by atoms with Crippen LogP contribution in [0.3, 0.4) is 0 Å². The van der Waals surface area contributed by atoms with Gasteiger partial charge in [-0.1, -0.05) is 19.3 Å². The van der Waals surface area contributed by atoms with E-state index in [-0.39, 0.29) is 11.5 Å². The third kappa shape index (κ3) is 4.71. The van der Waals surface area contributed by atoms with E-state index in [1.54, 1.807) is 13.0 Å². The molecular weight excluding hydrogens is 321 g/mol. The molecule has 0 atom stereocenters. The lowest BCUT2D eigenvalue weighted by atomic mass is 9.86. The Bertz CT molecular complexity index is 563. The second-order valence-electron chi connectivity index (χ2n) is 6.75. The maximum absolute atomic E-state index is 12.8. The van der Waals surface area contributed by atoms with E-state index in [4.69, 9.17) is 9.47 Å². The van der Waals surface area contributed by atoms with Crippen LogP contribution in [0.25, 0.3) is 0 Å². The number of halogens is 3. The quantitative estimate of drug-likeness (QED) is 0.644. The molecule has 2 saturated carbocycles. The van der Waals surface area contributed by atoms with E-state index >= 15 is 0 Å². The largest absolute Gasteiger partial charge is 0.573 e. The summed E-state index contributed by atoms with van der Waals surface area (Å²) in [5.74, 6) is 1.41. The van der Waals surface area contributed by atoms with Gasteiger partial charge in [0.25, 0.3) is 0 Å². The summed E-state index contributed by atoms with van der Waals surface area (Å²) in [5, 5.41) is 0. The zero-order valence-electron chi connectivity index (χ0n) is 13.8. The van der Waals surface area contributed by atoms with Gasteiger partial charge in [0.15, 0.2) is 11.5 Å². The van der Waals surface area contributed by atoms with Crippen LogP contribution in [-0.2, 0) is 0 Å². The van der Waals surface area contributed by atoms with Crippen LogP contribution in [0.2, 0.25) is 0 Å². The number of benzene rings is 1. The molecule has 0 aliphatic heterocycles. The highest BCUT2D eigenvalue weighted by Crippen LogP contribution is 2.41. The van der Waals surface area contributed by atoms with Crippen molar-refractivity contribution in [2.75, 3.05) is 13.2 Å². The number of ether oxygens (including phenoxy) is 3. The monoisotopic (exact) mass is 344 g/mol. The van der Waals surface area contributed by atoms with Crippen LogP contribution in [0.4, 0.5) is 13.2 Å². The van der Waals surface area contributed by atoms with Crippen molar-refractivity contribution in [3.63, 3.8) is 0 Å². The maximum atomic E-state index is 12.8. The summed E-state index contributed by atoms with van der Waals surface area (Å²) in [7, 11) is 0. The predicted octanol–water partition coefficient (Wildman–Crippen LogP) is 5.25. The average molecular weight is 344 g/mol. The molecule has 0 radical (unpaired) electrons.